The largest absolute Gasteiger partial charge is 0.461 e. The molecule has 0 radical (unpaired) electrons. The number of aryl methyl sites for hydroxylation is 2. The maximum atomic E-state index is 12.8. The summed E-state index contributed by atoms with van der Waals surface area (Å²) in [4.78, 5) is 12.8. The normalized spacial score (nSPS) is 16.2. The number of carbonyl (C=O) groups is 1. The Balaban J connectivity index is 1.53. The van der Waals surface area contributed by atoms with E-state index < -0.39 is 0 Å². The highest BCUT2D eigenvalue weighted by Crippen LogP contribution is 2.37. The zero-order valence-electron chi connectivity index (χ0n) is 17.3. The Morgan fingerprint density at radius 1 is 1.10 bits per heavy atom. The molecule has 4 nitrogen and oxygen atoms in total. The molecule has 0 saturated carbocycles. The van der Waals surface area contributed by atoms with Gasteiger partial charge in [-0.3, -0.25) is 4.79 Å². The van der Waals surface area contributed by atoms with Gasteiger partial charge in [-0.25, -0.2) is 0 Å². The molecule has 158 valence electrons. The van der Waals surface area contributed by atoms with Crippen LogP contribution in [0.3, 0.4) is 0 Å². The van der Waals surface area contributed by atoms with E-state index in [9.17, 15) is 4.79 Å². The summed E-state index contributed by atoms with van der Waals surface area (Å²) in [6.07, 6.45) is 7.00. The number of furan rings is 1. The van der Waals surface area contributed by atoms with E-state index in [-0.39, 0.29) is 5.91 Å². The molecule has 0 unspecified atom stereocenters. The van der Waals surface area contributed by atoms with Crippen molar-refractivity contribution in [3.05, 3.63) is 82.3 Å². The molecule has 2 aliphatic rings. The summed E-state index contributed by atoms with van der Waals surface area (Å²) < 4.78 is 6.31. The minimum Gasteiger partial charge on any atom is -0.461 e. The van der Waals surface area contributed by atoms with Gasteiger partial charge in [0, 0.05) is 41.3 Å². The van der Waals surface area contributed by atoms with Gasteiger partial charge < -0.3 is 15.1 Å². The van der Waals surface area contributed by atoms with Crippen LogP contribution < -0.4 is 10.6 Å². The van der Waals surface area contributed by atoms with Crippen LogP contribution in [0.25, 0.3) is 11.6 Å². The number of hydrogen-bond donors (Lipinski definition) is 2. The van der Waals surface area contributed by atoms with Crippen molar-refractivity contribution in [1.82, 2.24) is 0 Å². The number of hydrogen-bond acceptors (Lipinski definition) is 3. The van der Waals surface area contributed by atoms with Crippen molar-refractivity contribution in [3.63, 3.8) is 0 Å². The van der Waals surface area contributed by atoms with E-state index in [1.165, 1.54) is 12.0 Å². The molecule has 3 aromatic rings. The monoisotopic (exact) mass is 432 g/mol. The number of anilines is 2. The van der Waals surface area contributed by atoms with Crippen molar-refractivity contribution < 1.29 is 9.21 Å². The van der Waals surface area contributed by atoms with E-state index in [2.05, 4.69) is 28.8 Å². The topological polar surface area (TPSA) is 54.3 Å². The Labute approximate surface area is 187 Å². The van der Waals surface area contributed by atoms with Crippen LogP contribution in [0.5, 0.6) is 0 Å². The molecule has 5 rings (SSSR count). The highest BCUT2D eigenvalue weighted by molar-refractivity contribution is 6.34. The van der Waals surface area contributed by atoms with Gasteiger partial charge in [0.05, 0.1) is 5.57 Å². The second kappa shape index (κ2) is 8.64. The van der Waals surface area contributed by atoms with Gasteiger partial charge in [0.2, 0.25) is 0 Å². The minimum atomic E-state index is -0.0886. The molecule has 0 bridgehead atoms. The maximum absolute atomic E-state index is 12.8. The van der Waals surface area contributed by atoms with Crippen molar-refractivity contribution in [1.29, 1.82) is 0 Å². The lowest BCUT2D eigenvalue weighted by Crippen LogP contribution is -2.06. The van der Waals surface area contributed by atoms with Crippen molar-refractivity contribution in [3.8, 4) is 0 Å². The first kappa shape index (κ1) is 20.0. The van der Waals surface area contributed by atoms with Gasteiger partial charge in [-0.2, -0.15) is 0 Å². The summed E-state index contributed by atoms with van der Waals surface area (Å²) in [6.45, 7) is 0.669. The van der Waals surface area contributed by atoms with Gasteiger partial charge in [-0.05, 0) is 67.2 Å². The summed E-state index contributed by atoms with van der Waals surface area (Å²) in [7, 11) is 0. The van der Waals surface area contributed by atoms with Crippen LogP contribution in [0.4, 0.5) is 11.4 Å². The first-order valence-electron chi connectivity index (χ1n) is 10.9. The number of benzene rings is 2. The molecule has 2 aromatic carbocycles. The number of alkyl halides is 1. The van der Waals surface area contributed by atoms with E-state index in [1.807, 2.05) is 36.4 Å². The average molecular weight is 433 g/mol. The van der Waals surface area contributed by atoms with Gasteiger partial charge in [-0.15, -0.1) is 11.6 Å². The fourth-order valence-electron chi connectivity index (χ4n) is 4.48. The minimum absolute atomic E-state index is 0.0886. The Hall–Kier alpha value is -2.98. The van der Waals surface area contributed by atoms with E-state index in [4.69, 9.17) is 16.0 Å². The fourth-order valence-corrected chi connectivity index (χ4v) is 4.70. The van der Waals surface area contributed by atoms with Crippen LogP contribution in [-0.4, -0.2) is 11.8 Å². The molecule has 0 saturated heterocycles. The zero-order valence-corrected chi connectivity index (χ0v) is 18.1. The fraction of sp³-hybridized carbons (Fsp3) is 0.269. The third kappa shape index (κ3) is 4.00. The molecule has 0 spiro atoms. The number of halogens is 1. The van der Waals surface area contributed by atoms with Gasteiger partial charge >= 0.3 is 0 Å². The molecule has 5 heteroatoms. The number of fused-ring (bicyclic) bond motifs is 2. The number of para-hydroxylation sites is 1. The Bertz CT molecular complexity index is 1150. The van der Waals surface area contributed by atoms with Crippen LogP contribution in [0.2, 0.25) is 0 Å². The highest BCUT2D eigenvalue weighted by atomic mass is 35.5. The molecule has 0 fully saturated rings. The number of rotatable bonds is 6. The van der Waals surface area contributed by atoms with Gasteiger partial charge in [-0.1, -0.05) is 24.3 Å². The molecular weight excluding hydrogens is 408 g/mol. The van der Waals surface area contributed by atoms with Crippen molar-refractivity contribution >= 4 is 40.5 Å². The maximum Gasteiger partial charge on any atom is 0.256 e. The third-order valence-electron chi connectivity index (χ3n) is 6.08. The molecule has 0 atom stereocenters. The standard InChI is InChI=1S/C26H25ClN2O2/c27-13-12-17-10-11-23-20(14-17)21(26(30)29-23)15-25-22(16-28-18-6-2-1-3-7-18)19-8-4-5-9-24(19)31-25/h1-3,6-7,10-11,14-15,28H,4-5,8-9,12-13,16H2,(H,29,30). The molecule has 1 aliphatic carbocycles. The molecule has 1 amide bonds. The molecule has 1 aliphatic heterocycles. The van der Waals surface area contributed by atoms with Crippen molar-refractivity contribution in [2.45, 2.75) is 38.6 Å². The highest BCUT2D eigenvalue weighted by Gasteiger charge is 2.27. The quantitative estimate of drug-likeness (QED) is 0.368. The summed E-state index contributed by atoms with van der Waals surface area (Å²) in [6, 6.07) is 16.2. The van der Waals surface area contributed by atoms with Crippen LogP contribution in [0.1, 0.15) is 46.6 Å². The van der Waals surface area contributed by atoms with Crippen LogP contribution in [0.15, 0.2) is 52.9 Å². The Morgan fingerprint density at radius 3 is 2.77 bits per heavy atom. The summed E-state index contributed by atoms with van der Waals surface area (Å²) in [5.41, 5.74) is 7.07. The molecule has 2 N–H and O–H groups in total. The first-order valence-corrected chi connectivity index (χ1v) is 11.4. The predicted molar refractivity (Wildman–Crippen MR) is 126 cm³/mol. The van der Waals surface area contributed by atoms with Gasteiger partial charge in [0.1, 0.15) is 11.5 Å². The van der Waals surface area contributed by atoms with E-state index in [0.29, 0.717) is 18.0 Å². The first-order chi connectivity index (χ1) is 15.2. The van der Waals surface area contributed by atoms with Crippen LogP contribution >= 0.6 is 11.6 Å². The Morgan fingerprint density at radius 2 is 1.94 bits per heavy atom. The zero-order chi connectivity index (χ0) is 21.2. The number of amides is 1. The second-order valence-corrected chi connectivity index (χ2v) is 8.48. The molecular formula is C26H25ClN2O2. The van der Waals surface area contributed by atoms with Crippen molar-refractivity contribution in [2.24, 2.45) is 0 Å². The Kier molecular flexibility index (Phi) is 5.56. The SMILES string of the molecule is O=C1Nc2ccc(CCCl)cc2C1=Cc1oc2c(c1CNc1ccccc1)CCCC2. The summed E-state index contributed by atoms with van der Waals surface area (Å²) >= 11 is 5.93. The lowest BCUT2D eigenvalue weighted by molar-refractivity contribution is -0.110. The molecule has 2 heterocycles. The van der Waals surface area contributed by atoms with Gasteiger partial charge in [0.15, 0.2) is 0 Å². The smallest absolute Gasteiger partial charge is 0.256 e. The average Bonchev–Trinajstić information content (AvgIpc) is 3.30. The van der Waals surface area contributed by atoms with E-state index in [0.717, 1.165) is 65.3 Å². The third-order valence-corrected chi connectivity index (χ3v) is 6.27. The predicted octanol–water partition coefficient (Wildman–Crippen LogP) is 6.04. The van der Waals surface area contributed by atoms with E-state index >= 15 is 0 Å². The molecule has 31 heavy (non-hydrogen) atoms. The van der Waals surface area contributed by atoms with Crippen molar-refractivity contribution in [2.75, 3.05) is 16.5 Å². The summed E-state index contributed by atoms with van der Waals surface area (Å²) in [5.74, 6) is 2.32. The number of nitrogens with one attached hydrogen (secondary N) is 2. The van der Waals surface area contributed by atoms with Crippen LogP contribution in [0, 0.1) is 0 Å². The number of carbonyl (C=O) groups excluding carboxylic acids is 1. The van der Waals surface area contributed by atoms with Gasteiger partial charge in [0.25, 0.3) is 5.91 Å². The second-order valence-electron chi connectivity index (χ2n) is 8.10. The van der Waals surface area contributed by atoms with E-state index in [1.54, 1.807) is 0 Å². The lowest BCUT2D eigenvalue weighted by atomic mass is 9.94. The molecule has 1 aromatic heterocycles. The van der Waals surface area contributed by atoms with Crippen LogP contribution in [-0.2, 0) is 30.6 Å². The summed E-state index contributed by atoms with van der Waals surface area (Å²) in [5, 5.41) is 6.49. The lowest BCUT2D eigenvalue weighted by Gasteiger charge is -2.12.